The maximum Gasteiger partial charge on any atom is 0.183 e. The molecule has 0 spiro atoms. The largest absolute Gasteiger partial charge is 0.492 e. The number of ether oxygens (including phenoxy) is 1. The molecule has 0 saturated carbocycles. The fourth-order valence-electron chi connectivity index (χ4n) is 2.59. The normalized spacial score (nSPS) is 13.5. The molecule has 0 saturated heterocycles. The average Bonchev–Trinajstić information content (AvgIpc) is 3.09. The van der Waals surface area contributed by atoms with Crippen LogP contribution in [0.15, 0.2) is 42.5 Å². The molecule has 0 aliphatic heterocycles. The number of allylic oxidation sites excluding steroid dienone is 2. The molecule has 2 rings (SSSR count). The second-order valence-corrected chi connectivity index (χ2v) is 7.74. The van der Waals surface area contributed by atoms with Gasteiger partial charge in [0, 0.05) is 4.91 Å². The van der Waals surface area contributed by atoms with Gasteiger partial charge in [-0.25, -0.2) is 4.98 Å². The highest BCUT2D eigenvalue weighted by atomic mass is 32.2. The Morgan fingerprint density at radius 3 is 2.67 bits per heavy atom. The summed E-state index contributed by atoms with van der Waals surface area (Å²) >= 11 is 3.41. The zero-order valence-electron chi connectivity index (χ0n) is 16.5. The predicted molar refractivity (Wildman–Crippen MR) is 123 cm³/mol. The van der Waals surface area contributed by atoms with Crippen LogP contribution in [0, 0.1) is 0 Å². The minimum absolute atomic E-state index is 0.591. The first-order chi connectivity index (χ1) is 13.1. The van der Waals surface area contributed by atoms with Crippen molar-refractivity contribution in [2.24, 2.45) is 0 Å². The molecule has 1 aromatic carbocycles. The van der Waals surface area contributed by atoms with Crippen molar-refractivity contribution in [3.05, 3.63) is 57.9 Å². The predicted octanol–water partition coefficient (Wildman–Crippen LogP) is 4.90. The summed E-state index contributed by atoms with van der Waals surface area (Å²) in [5.74, 6) is 0.874. The highest BCUT2D eigenvalue weighted by Gasteiger charge is 2.04. The lowest BCUT2D eigenvalue weighted by atomic mass is 10.1. The van der Waals surface area contributed by atoms with Crippen LogP contribution in [-0.2, 0) is 0 Å². The van der Waals surface area contributed by atoms with E-state index in [0.717, 1.165) is 29.2 Å². The number of nitrogens with zero attached hydrogens (tertiary/aromatic N) is 1. The lowest BCUT2D eigenvalue weighted by molar-refractivity contribution is 0.333. The van der Waals surface area contributed by atoms with Gasteiger partial charge in [0.05, 0.1) is 16.4 Å². The summed E-state index contributed by atoms with van der Waals surface area (Å²) in [7, 11) is 0. The van der Waals surface area contributed by atoms with E-state index < -0.39 is 0 Å². The number of rotatable bonds is 9. The SMILES string of the molecule is C=C/C(C)=C(/SC)c1ccc(OCCNc2nc(=C/CC)/c(=C\C)s2)cc1. The van der Waals surface area contributed by atoms with E-state index in [0.29, 0.717) is 6.61 Å². The topological polar surface area (TPSA) is 34.1 Å². The number of anilines is 1. The molecule has 0 fully saturated rings. The van der Waals surface area contributed by atoms with Crippen LogP contribution in [-0.4, -0.2) is 24.4 Å². The molecular weight excluding hydrogens is 372 g/mol. The van der Waals surface area contributed by atoms with Gasteiger partial charge < -0.3 is 10.1 Å². The van der Waals surface area contributed by atoms with Crippen LogP contribution in [0.2, 0.25) is 0 Å². The Morgan fingerprint density at radius 1 is 1.33 bits per heavy atom. The van der Waals surface area contributed by atoms with Gasteiger partial charge in [-0.15, -0.1) is 11.8 Å². The molecule has 1 N–H and O–H groups in total. The maximum atomic E-state index is 5.85. The zero-order chi connectivity index (χ0) is 19.6. The van der Waals surface area contributed by atoms with Gasteiger partial charge in [-0.05, 0) is 49.8 Å². The van der Waals surface area contributed by atoms with Gasteiger partial charge in [-0.3, -0.25) is 0 Å². The Kier molecular flexibility index (Phi) is 8.69. The van der Waals surface area contributed by atoms with Crippen molar-refractivity contribution in [2.75, 3.05) is 24.7 Å². The van der Waals surface area contributed by atoms with Crippen LogP contribution in [0.1, 0.15) is 32.8 Å². The van der Waals surface area contributed by atoms with Crippen LogP contribution < -0.4 is 19.9 Å². The van der Waals surface area contributed by atoms with Gasteiger partial charge >= 0.3 is 0 Å². The van der Waals surface area contributed by atoms with Crippen molar-refractivity contribution in [1.82, 2.24) is 4.98 Å². The molecule has 1 aromatic heterocycles. The quantitative estimate of drug-likeness (QED) is 0.479. The molecule has 2 aromatic rings. The molecule has 27 heavy (non-hydrogen) atoms. The fraction of sp³-hybridized carbons (Fsp3) is 0.318. The van der Waals surface area contributed by atoms with Crippen molar-refractivity contribution in [2.45, 2.75) is 27.2 Å². The molecule has 0 aliphatic carbocycles. The van der Waals surface area contributed by atoms with Crippen molar-refractivity contribution in [3.8, 4) is 5.75 Å². The fourth-order valence-corrected chi connectivity index (χ4v) is 4.25. The van der Waals surface area contributed by atoms with Crippen LogP contribution in [0.5, 0.6) is 5.75 Å². The highest BCUT2D eigenvalue weighted by molar-refractivity contribution is 8.07. The van der Waals surface area contributed by atoms with Crippen molar-refractivity contribution in [1.29, 1.82) is 0 Å². The average molecular weight is 401 g/mol. The molecule has 0 unspecified atom stereocenters. The summed E-state index contributed by atoms with van der Waals surface area (Å²) in [5.41, 5.74) is 2.38. The monoisotopic (exact) mass is 400 g/mol. The number of aromatic nitrogens is 1. The third-order valence-electron chi connectivity index (χ3n) is 3.97. The first kappa shape index (κ1) is 21.3. The number of hydrogen-bond donors (Lipinski definition) is 1. The summed E-state index contributed by atoms with van der Waals surface area (Å²) in [6.07, 6.45) is 9.23. The third-order valence-corrected chi connectivity index (χ3v) is 6.03. The minimum Gasteiger partial charge on any atom is -0.492 e. The molecule has 3 nitrogen and oxygen atoms in total. The lowest BCUT2D eigenvalue weighted by Gasteiger charge is -2.10. The van der Waals surface area contributed by atoms with Crippen molar-refractivity contribution < 1.29 is 4.74 Å². The molecule has 0 amide bonds. The summed E-state index contributed by atoms with van der Waals surface area (Å²) in [5, 5.41) is 5.36. The van der Waals surface area contributed by atoms with E-state index in [2.05, 4.69) is 61.3 Å². The Labute approximate surface area is 170 Å². The molecule has 0 bridgehead atoms. The van der Waals surface area contributed by atoms with Gasteiger partial charge in [0.25, 0.3) is 0 Å². The summed E-state index contributed by atoms with van der Waals surface area (Å²) in [4.78, 5) is 5.87. The Hall–Kier alpha value is -1.98. The van der Waals surface area contributed by atoms with E-state index in [1.165, 1.54) is 20.6 Å². The molecule has 0 aliphatic rings. The van der Waals surface area contributed by atoms with Gasteiger partial charge in [0.2, 0.25) is 0 Å². The zero-order valence-corrected chi connectivity index (χ0v) is 18.2. The number of hydrogen-bond acceptors (Lipinski definition) is 5. The standard InChI is InChI=1S/C22H28N2OS2/c1-6-9-19-20(8-3)27-22(24-19)23-14-15-25-18-12-10-17(11-13-18)21(26-5)16(4)7-2/h7-13H,2,6,14-15H2,1,3-5H3,(H,23,24)/b19-9+,20-8+,21-16+. The van der Waals surface area contributed by atoms with Gasteiger partial charge in [0.15, 0.2) is 5.13 Å². The molecule has 1 heterocycles. The number of nitrogens with one attached hydrogen (secondary N) is 1. The van der Waals surface area contributed by atoms with Crippen molar-refractivity contribution in [3.63, 3.8) is 0 Å². The summed E-state index contributed by atoms with van der Waals surface area (Å²) < 4.78 is 7.06. The smallest absolute Gasteiger partial charge is 0.183 e. The van der Waals surface area contributed by atoms with Crippen LogP contribution in [0.3, 0.4) is 0 Å². The molecule has 5 heteroatoms. The molecular formula is C22H28N2OS2. The number of thiazole rings is 1. The minimum atomic E-state index is 0.591. The lowest BCUT2D eigenvalue weighted by Crippen LogP contribution is -2.20. The summed E-state index contributed by atoms with van der Waals surface area (Å²) in [6.45, 7) is 11.4. The van der Waals surface area contributed by atoms with Crippen LogP contribution in [0.25, 0.3) is 17.1 Å². The van der Waals surface area contributed by atoms with E-state index in [-0.39, 0.29) is 0 Å². The first-order valence-corrected chi connectivity index (χ1v) is 11.1. The number of benzene rings is 1. The van der Waals surface area contributed by atoms with Crippen LogP contribution in [0.4, 0.5) is 5.13 Å². The molecule has 0 radical (unpaired) electrons. The highest BCUT2D eigenvalue weighted by Crippen LogP contribution is 2.30. The number of thioether (sulfide) groups is 1. The van der Waals surface area contributed by atoms with E-state index in [1.54, 1.807) is 23.1 Å². The summed E-state index contributed by atoms with van der Waals surface area (Å²) in [6, 6.07) is 8.23. The Morgan fingerprint density at radius 2 is 2.07 bits per heavy atom. The molecule has 144 valence electrons. The van der Waals surface area contributed by atoms with Crippen LogP contribution >= 0.6 is 23.1 Å². The maximum absolute atomic E-state index is 5.85. The Bertz CT molecular complexity index is 895. The van der Waals surface area contributed by atoms with E-state index in [4.69, 9.17) is 4.74 Å². The first-order valence-electron chi connectivity index (χ1n) is 9.10. The van der Waals surface area contributed by atoms with E-state index >= 15 is 0 Å². The van der Waals surface area contributed by atoms with Crippen molar-refractivity contribution >= 4 is 45.3 Å². The Balaban J connectivity index is 1.91. The second kappa shape index (κ2) is 11.0. The van der Waals surface area contributed by atoms with E-state index in [9.17, 15) is 0 Å². The third kappa shape index (κ3) is 6.01. The van der Waals surface area contributed by atoms with Gasteiger partial charge in [-0.2, -0.15) is 0 Å². The molecule has 0 atom stereocenters. The van der Waals surface area contributed by atoms with E-state index in [1.807, 2.05) is 25.1 Å². The van der Waals surface area contributed by atoms with Gasteiger partial charge in [-0.1, -0.05) is 55.2 Å². The second-order valence-electron chi connectivity index (χ2n) is 5.89. The van der Waals surface area contributed by atoms with Gasteiger partial charge in [0.1, 0.15) is 12.4 Å².